The number of rotatable bonds is 6. The minimum Gasteiger partial charge on any atom is -0.458 e. The summed E-state index contributed by atoms with van der Waals surface area (Å²) in [5, 5.41) is 12.1. The number of hydrogen-bond donors (Lipinski definition) is 1. The van der Waals surface area contributed by atoms with E-state index in [0.717, 1.165) is 32.9 Å². The number of hydrogen-bond acceptors (Lipinski definition) is 5. The molecule has 178 valence electrons. The molecule has 1 fully saturated rings. The van der Waals surface area contributed by atoms with Crippen molar-refractivity contribution in [3.63, 3.8) is 0 Å². The maximum atomic E-state index is 12.6. The molecule has 0 bridgehead atoms. The number of cyclic esters (lactones) is 1. The monoisotopic (exact) mass is 470 g/mol. The first-order valence-electron chi connectivity index (χ1n) is 11.4. The Kier molecular flexibility index (Phi) is 5.78. The van der Waals surface area contributed by atoms with E-state index >= 15 is 0 Å². The maximum absolute atomic E-state index is 12.6. The first kappa shape index (κ1) is 22.7. The third-order valence-electron chi connectivity index (χ3n) is 6.43. The average molecular weight is 471 g/mol. The van der Waals surface area contributed by atoms with Crippen LogP contribution in [-0.4, -0.2) is 45.0 Å². The predicted octanol–water partition coefficient (Wildman–Crippen LogP) is 3.99. The largest absolute Gasteiger partial charge is 0.458 e. The quantitative estimate of drug-likeness (QED) is 0.340. The van der Waals surface area contributed by atoms with E-state index in [1.165, 1.54) is 6.08 Å². The van der Waals surface area contributed by atoms with Crippen molar-refractivity contribution in [3.8, 4) is 0 Å². The maximum Gasteiger partial charge on any atom is 0.334 e. The molecule has 0 spiro atoms. The van der Waals surface area contributed by atoms with Crippen LogP contribution in [0.5, 0.6) is 0 Å². The van der Waals surface area contributed by atoms with Crippen molar-refractivity contribution in [2.75, 3.05) is 13.2 Å². The lowest BCUT2D eigenvalue weighted by Gasteiger charge is -2.23. The van der Waals surface area contributed by atoms with Crippen molar-refractivity contribution >= 4 is 45.9 Å². The molecule has 7 heteroatoms. The van der Waals surface area contributed by atoms with E-state index in [1.54, 1.807) is 12.2 Å². The molecule has 1 N–H and O–H groups in total. The Hall–Kier alpha value is -4.10. The summed E-state index contributed by atoms with van der Waals surface area (Å²) in [7, 11) is 3.89. The Morgan fingerprint density at radius 1 is 1.03 bits per heavy atom. The summed E-state index contributed by atoms with van der Waals surface area (Å²) in [6.07, 6.45) is 8.85. The number of esters is 2. The molecule has 0 radical (unpaired) electrons. The van der Waals surface area contributed by atoms with Gasteiger partial charge in [-0.3, -0.25) is 0 Å². The van der Waals surface area contributed by atoms with E-state index < -0.39 is 24.1 Å². The second kappa shape index (κ2) is 8.92. The average Bonchev–Trinajstić information content (AvgIpc) is 3.48. The highest BCUT2D eigenvalue weighted by Gasteiger charge is 2.44. The highest BCUT2D eigenvalue weighted by atomic mass is 16.6. The van der Waals surface area contributed by atoms with Gasteiger partial charge in [-0.1, -0.05) is 36.4 Å². The lowest BCUT2D eigenvalue weighted by molar-refractivity contribution is -0.163. The molecule has 0 amide bonds. The third kappa shape index (κ3) is 4.26. The summed E-state index contributed by atoms with van der Waals surface area (Å²) in [6, 6.07) is 15.8. The summed E-state index contributed by atoms with van der Waals surface area (Å²) in [5.41, 5.74) is 3.02. The summed E-state index contributed by atoms with van der Waals surface area (Å²) < 4.78 is 14.9. The van der Waals surface area contributed by atoms with Crippen LogP contribution in [0.1, 0.15) is 17.5 Å². The molecule has 1 unspecified atom stereocenters. The molecule has 1 atom stereocenters. The fraction of sp³-hybridized carbons (Fsp3) is 0.214. The first-order valence-corrected chi connectivity index (χ1v) is 11.4. The van der Waals surface area contributed by atoms with Crippen LogP contribution < -0.4 is 0 Å². The summed E-state index contributed by atoms with van der Waals surface area (Å²) in [6.45, 7) is -0.688. The standard InChI is InChI=1S/C28H26N2O5/c1-29-15-19(22-7-3-5-9-24(22)29)11-12-26(32)34-18-28(17-31)14-20(27(33)35-28)13-21-16-30(2)25-10-6-4-8-23(21)25/h3-13,15-16,31H,14,17-18H2,1-2H3/b12-11+,20-13+. The fourth-order valence-corrected chi connectivity index (χ4v) is 4.63. The van der Waals surface area contributed by atoms with Gasteiger partial charge in [0, 0.05) is 77.5 Å². The van der Waals surface area contributed by atoms with E-state index in [9.17, 15) is 14.7 Å². The zero-order valence-electron chi connectivity index (χ0n) is 19.6. The van der Waals surface area contributed by atoms with E-state index in [-0.39, 0.29) is 13.0 Å². The van der Waals surface area contributed by atoms with Crippen molar-refractivity contribution in [1.82, 2.24) is 9.13 Å². The molecule has 35 heavy (non-hydrogen) atoms. The second-order valence-electron chi connectivity index (χ2n) is 8.94. The highest BCUT2D eigenvalue weighted by Crippen LogP contribution is 2.34. The molecule has 5 rings (SSSR count). The molecule has 2 aromatic heterocycles. The number of para-hydroxylation sites is 2. The van der Waals surface area contributed by atoms with Gasteiger partial charge in [-0.05, 0) is 24.3 Å². The van der Waals surface area contributed by atoms with Gasteiger partial charge in [0.2, 0.25) is 0 Å². The zero-order chi connectivity index (χ0) is 24.6. The predicted molar refractivity (Wildman–Crippen MR) is 134 cm³/mol. The van der Waals surface area contributed by atoms with Gasteiger partial charge in [-0.25, -0.2) is 9.59 Å². The summed E-state index contributed by atoms with van der Waals surface area (Å²) in [4.78, 5) is 25.0. The number of aliphatic hydroxyl groups is 1. The van der Waals surface area contributed by atoms with E-state index in [2.05, 4.69) is 0 Å². The number of benzene rings is 2. The molecule has 7 nitrogen and oxygen atoms in total. The zero-order valence-corrected chi connectivity index (χ0v) is 19.6. The number of ether oxygens (including phenoxy) is 2. The third-order valence-corrected chi connectivity index (χ3v) is 6.43. The number of aromatic nitrogens is 2. The number of carbonyl (C=O) groups excluding carboxylic acids is 2. The number of aryl methyl sites for hydroxylation is 2. The van der Waals surface area contributed by atoms with Crippen LogP contribution in [0.15, 0.2) is 72.6 Å². The molecule has 0 aliphatic carbocycles. The van der Waals surface area contributed by atoms with Gasteiger partial charge in [0.15, 0.2) is 5.60 Å². The van der Waals surface area contributed by atoms with Crippen LogP contribution in [0.25, 0.3) is 34.0 Å². The number of aliphatic hydroxyl groups excluding tert-OH is 1. The second-order valence-corrected chi connectivity index (χ2v) is 8.94. The van der Waals surface area contributed by atoms with Crippen LogP contribution in [0.2, 0.25) is 0 Å². The van der Waals surface area contributed by atoms with Crippen LogP contribution in [-0.2, 0) is 33.2 Å². The number of fused-ring (bicyclic) bond motifs is 2. The molecule has 1 aliphatic heterocycles. The van der Waals surface area contributed by atoms with Gasteiger partial charge >= 0.3 is 11.9 Å². The van der Waals surface area contributed by atoms with Crippen LogP contribution in [0.4, 0.5) is 0 Å². The van der Waals surface area contributed by atoms with E-state index in [1.807, 2.05) is 84.2 Å². The Morgan fingerprint density at radius 3 is 2.29 bits per heavy atom. The molecular weight excluding hydrogens is 444 g/mol. The van der Waals surface area contributed by atoms with Crippen molar-refractivity contribution in [2.45, 2.75) is 12.0 Å². The van der Waals surface area contributed by atoms with Crippen molar-refractivity contribution in [2.24, 2.45) is 14.1 Å². The number of nitrogens with zero attached hydrogens (tertiary/aromatic N) is 2. The Morgan fingerprint density at radius 2 is 1.63 bits per heavy atom. The molecule has 4 aromatic rings. The molecule has 1 saturated heterocycles. The normalized spacial score (nSPS) is 19.3. The van der Waals surface area contributed by atoms with Crippen LogP contribution >= 0.6 is 0 Å². The van der Waals surface area contributed by atoms with Crippen LogP contribution in [0, 0.1) is 0 Å². The fourth-order valence-electron chi connectivity index (χ4n) is 4.63. The van der Waals surface area contributed by atoms with E-state index in [0.29, 0.717) is 5.57 Å². The molecule has 2 aromatic carbocycles. The Labute approximate surface area is 202 Å². The smallest absolute Gasteiger partial charge is 0.334 e. The molecular formula is C28H26N2O5. The highest BCUT2D eigenvalue weighted by molar-refractivity contribution is 6.00. The van der Waals surface area contributed by atoms with E-state index in [4.69, 9.17) is 9.47 Å². The summed E-state index contributed by atoms with van der Waals surface area (Å²) >= 11 is 0. The lowest BCUT2D eigenvalue weighted by Crippen LogP contribution is -2.39. The summed E-state index contributed by atoms with van der Waals surface area (Å²) in [5.74, 6) is -1.09. The van der Waals surface area contributed by atoms with Gasteiger partial charge in [-0.2, -0.15) is 0 Å². The molecule has 1 aliphatic rings. The Bertz CT molecular complexity index is 1510. The topological polar surface area (TPSA) is 82.7 Å². The first-order chi connectivity index (χ1) is 16.9. The lowest BCUT2D eigenvalue weighted by atomic mass is 9.98. The van der Waals surface area contributed by atoms with Crippen molar-refractivity contribution in [3.05, 3.63) is 83.7 Å². The van der Waals surface area contributed by atoms with Gasteiger partial charge in [0.05, 0.1) is 6.61 Å². The molecule has 0 saturated carbocycles. The Balaban J connectivity index is 1.29. The van der Waals surface area contributed by atoms with Crippen molar-refractivity contribution in [1.29, 1.82) is 0 Å². The number of carbonyl (C=O) groups is 2. The van der Waals surface area contributed by atoms with Gasteiger partial charge in [-0.15, -0.1) is 0 Å². The molecule has 3 heterocycles. The van der Waals surface area contributed by atoms with Gasteiger partial charge in [0.1, 0.15) is 6.61 Å². The van der Waals surface area contributed by atoms with Gasteiger partial charge < -0.3 is 23.7 Å². The SMILES string of the molecule is Cn1cc(/C=C/C(=O)OCC2(CO)C/C(=C\c3cn(C)c4ccccc34)C(=O)O2)c2ccccc21. The van der Waals surface area contributed by atoms with Crippen LogP contribution in [0.3, 0.4) is 0 Å². The minimum atomic E-state index is -1.30. The van der Waals surface area contributed by atoms with Crippen molar-refractivity contribution < 1.29 is 24.2 Å². The van der Waals surface area contributed by atoms with Gasteiger partial charge in [0.25, 0.3) is 0 Å². The minimum absolute atomic E-state index is 0.145.